The molecule has 0 fully saturated rings. The summed E-state index contributed by atoms with van der Waals surface area (Å²) in [5.41, 5.74) is 19.7. The molecule has 0 amide bonds. The van der Waals surface area contributed by atoms with Gasteiger partial charge in [-0.25, -0.2) is 9.97 Å². The predicted molar refractivity (Wildman–Crippen MR) is 265 cm³/mol. The molecule has 7 nitrogen and oxygen atoms in total. The van der Waals surface area contributed by atoms with E-state index in [0.717, 1.165) is 104 Å². The molecule has 61 heavy (non-hydrogen) atoms. The summed E-state index contributed by atoms with van der Waals surface area (Å²) >= 11 is 1.81. The number of allylic oxidation sites excluding steroid dienone is 4. The van der Waals surface area contributed by atoms with Crippen molar-refractivity contribution < 1.29 is 0 Å². The van der Waals surface area contributed by atoms with Gasteiger partial charge in [0, 0.05) is 108 Å². The van der Waals surface area contributed by atoms with E-state index in [1.165, 1.54) is 32.8 Å². The Kier molecular flexibility index (Phi) is 9.77. The molecule has 9 heteroatoms. The van der Waals surface area contributed by atoms with Crippen LogP contribution in [0.3, 0.4) is 0 Å². The zero-order valence-corrected chi connectivity index (χ0v) is 36.3. The number of aromatic amines is 1. The minimum atomic E-state index is 0. The van der Waals surface area contributed by atoms with Gasteiger partial charge >= 0.3 is 0 Å². The molecule has 0 aliphatic carbocycles. The van der Waals surface area contributed by atoms with Gasteiger partial charge < -0.3 is 24.6 Å². The van der Waals surface area contributed by atoms with E-state index >= 15 is 0 Å². The predicted octanol–water partition coefficient (Wildman–Crippen LogP) is 11.8. The van der Waals surface area contributed by atoms with E-state index in [4.69, 9.17) is 9.97 Å². The number of fused-ring (bicyclic) bond motifs is 10. The van der Waals surface area contributed by atoms with Crippen LogP contribution < -0.4 is 9.80 Å². The number of nitrogens with zero attached hydrogens (tertiary/aromatic N) is 6. The van der Waals surface area contributed by atoms with Crippen LogP contribution in [-0.2, 0) is 0 Å². The van der Waals surface area contributed by atoms with Crippen molar-refractivity contribution in [2.24, 2.45) is 0 Å². The Bertz CT molecular complexity index is 2880. The Morgan fingerprint density at radius 2 is 0.967 bits per heavy atom. The first-order valence-corrected chi connectivity index (χ1v) is 21.5. The van der Waals surface area contributed by atoms with Gasteiger partial charge in [-0.2, -0.15) is 0 Å². The summed E-state index contributed by atoms with van der Waals surface area (Å²) in [5, 5.41) is 0. The molecule has 0 radical (unpaired) electrons. The van der Waals surface area contributed by atoms with Gasteiger partial charge in [0.25, 0.3) is 0 Å². The summed E-state index contributed by atoms with van der Waals surface area (Å²) in [6.45, 7) is 3.46. The summed E-state index contributed by atoms with van der Waals surface area (Å²) < 4.78 is 2.33. The monoisotopic (exact) mass is 835 g/mol. The Balaban J connectivity index is 0.00000445. The number of aromatic nitrogens is 3. The van der Waals surface area contributed by atoms with Gasteiger partial charge in [0.15, 0.2) is 0 Å². The van der Waals surface area contributed by atoms with Gasteiger partial charge in [0.05, 0.1) is 22.8 Å². The van der Waals surface area contributed by atoms with Gasteiger partial charge in [-0.05, 0) is 131 Å². The first-order chi connectivity index (χ1) is 29.3. The van der Waals surface area contributed by atoms with Crippen LogP contribution in [0.1, 0.15) is 45.0 Å². The smallest absolute Gasteiger partial charge is 0.0737 e. The molecule has 8 bridgehead atoms. The third-order valence-corrected chi connectivity index (χ3v) is 13.3. The van der Waals surface area contributed by atoms with Crippen molar-refractivity contribution in [2.45, 2.75) is 0 Å². The maximum absolute atomic E-state index is 5.60. The Morgan fingerprint density at radius 1 is 0.492 bits per heavy atom. The second-order valence-electron chi connectivity index (χ2n) is 16.3. The molecule has 302 valence electrons. The highest BCUT2D eigenvalue weighted by Crippen LogP contribution is 2.42. The topological polar surface area (TPSA) is 54.5 Å². The van der Waals surface area contributed by atoms with Gasteiger partial charge in [-0.3, -0.25) is 0 Å². The van der Waals surface area contributed by atoms with Crippen LogP contribution in [0.2, 0.25) is 0 Å². The molecule has 11 rings (SSSR count). The lowest BCUT2D eigenvalue weighted by Crippen LogP contribution is -2.20. The van der Waals surface area contributed by atoms with Crippen molar-refractivity contribution in [1.29, 1.82) is 0 Å². The lowest BCUT2D eigenvalue weighted by molar-refractivity contribution is 0.506. The Morgan fingerprint density at radius 3 is 1.52 bits per heavy atom. The van der Waals surface area contributed by atoms with E-state index in [-0.39, 0.29) is 12.4 Å². The average molecular weight is 837 g/mol. The Hall–Kier alpha value is -6.61. The highest BCUT2D eigenvalue weighted by atomic mass is 35.5. The number of hydrogen-bond donors (Lipinski definition) is 1. The highest BCUT2D eigenvalue weighted by molar-refractivity contribution is 7.24. The van der Waals surface area contributed by atoms with Crippen molar-refractivity contribution in [3.8, 4) is 22.3 Å². The average Bonchev–Trinajstić information content (AvgIpc) is 4.11. The molecule has 9 heterocycles. The minimum Gasteiger partial charge on any atom is -0.377 e. The van der Waals surface area contributed by atoms with Gasteiger partial charge in [0.2, 0.25) is 0 Å². The first kappa shape index (κ1) is 38.6. The molecule has 0 saturated heterocycles. The van der Waals surface area contributed by atoms with Crippen molar-refractivity contribution >= 4 is 103 Å². The molecule has 2 aromatic carbocycles. The molecule has 0 unspecified atom stereocenters. The summed E-state index contributed by atoms with van der Waals surface area (Å²) in [6, 6.07) is 22.7. The van der Waals surface area contributed by atoms with Crippen LogP contribution in [0.25, 0.3) is 90.3 Å². The second-order valence-corrected chi connectivity index (χ2v) is 17.4. The minimum absolute atomic E-state index is 0. The van der Waals surface area contributed by atoms with E-state index in [1.54, 1.807) is 0 Å². The molecular weight excluding hydrogens is 790 g/mol. The van der Waals surface area contributed by atoms with Crippen molar-refractivity contribution in [3.05, 3.63) is 155 Å². The van der Waals surface area contributed by atoms with E-state index in [0.29, 0.717) is 0 Å². The number of hydrogen-bond acceptors (Lipinski definition) is 7. The number of halogens is 1. The summed E-state index contributed by atoms with van der Waals surface area (Å²) in [5.74, 6) is 0. The number of anilines is 2. The molecule has 6 aliphatic heterocycles. The summed E-state index contributed by atoms with van der Waals surface area (Å²) in [6.07, 6.45) is 31.2. The lowest BCUT2D eigenvalue weighted by atomic mass is 9.98. The maximum Gasteiger partial charge on any atom is 0.0737 e. The van der Waals surface area contributed by atoms with Crippen molar-refractivity contribution in [3.63, 3.8) is 0 Å². The fraction of sp³-hybridized carbons (Fsp3) is 0.154. The molecule has 0 atom stereocenters. The van der Waals surface area contributed by atoms with Crippen LogP contribution in [0.15, 0.2) is 110 Å². The van der Waals surface area contributed by atoms with Crippen molar-refractivity contribution in [1.82, 2.24) is 24.8 Å². The third kappa shape index (κ3) is 6.86. The van der Waals surface area contributed by atoms with Crippen molar-refractivity contribution in [2.75, 3.05) is 64.2 Å². The van der Waals surface area contributed by atoms with E-state index < -0.39 is 0 Å². The fourth-order valence-corrected chi connectivity index (χ4v) is 10.2. The number of nitrogens with one attached hydrogen (secondary N) is 1. The van der Waals surface area contributed by atoms with E-state index in [1.807, 2.05) is 11.3 Å². The standard InChI is InChI=1S/C52H45N7S.ClH/c1-56-27-21-33(22-28-56)49-39-11-12-41(53-39)50(37-9-17-45-35(31-37)7-5-25-58(45)3)42-14-16-44(55-42)52(38-10-18-46-36(32-38)8-6-26-59(46)4)48-20-19-47(60-48)51(43-15-13-40(49)54-43)34-23-29-57(2)30-24-34;/h5-24,27,29,31-32,53H,25-26,28,30H2,1-4H3;1H. The number of thiophene rings is 1. The normalized spacial score (nSPS) is 16.1. The summed E-state index contributed by atoms with van der Waals surface area (Å²) in [7, 11) is 8.53. The molecule has 6 aliphatic rings. The van der Waals surface area contributed by atoms with Crippen LogP contribution in [-0.4, -0.2) is 79.1 Å². The third-order valence-electron chi connectivity index (χ3n) is 12.2. The van der Waals surface area contributed by atoms with Crippen LogP contribution in [0.5, 0.6) is 0 Å². The quantitative estimate of drug-likeness (QED) is 0.191. The zero-order chi connectivity index (χ0) is 40.5. The summed E-state index contributed by atoms with van der Waals surface area (Å²) in [4.78, 5) is 24.0. The zero-order valence-electron chi connectivity index (χ0n) is 34.7. The van der Waals surface area contributed by atoms with Gasteiger partial charge in [-0.15, -0.1) is 23.7 Å². The SMILES string of the molecule is CN1C=CC(c2c3nc(c(C4=CCN(C)C=C4)c4ccc(s4)c(-c4ccc5c(c4)C=CCN5C)c4nc(c(-c5ccc6c(c5)C=CCN6C)c5ccc2[nH]5)C=C4)C=C3)=CC1.Cl. The van der Waals surface area contributed by atoms with Crippen LogP contribution in [0, 0.1) is 0 Å². The molecular formula is C52H46ClN7S. The lowest BCUT2D eigenvalue weighted by Gasteiger charge is -2.24. The Labute approximate surface area is 367 Å². The van der Waals surface area contributed by atoms with Gasteiger partial charge in [-0.1, -0.05) is 48.6 Å². The van der Waals surface area contributed by atoms with E-state index in [2.05, 4.69) is 199 Å². The molecule has 5 aromatic rings. The molecule has 0 saturated carbocycles. The fourth-order valence-electron chi connectivity index (χ4n) is 9.07. The van der Waals surface area contributed by atoms with E-state index in [9.17, 15) is 0 Å². The van der Waals surface area contributed by atoms with Gasteiger partial charge in [0.1, 0.15) is 0 Å². The second kappa shape index (κ2) is 15.4. The molecule has 1 N–H and O–H groups in total. The maximum atomic E-state index is 5.60. The number of H-pyrrole nitrogens is 1. The highest BCUT2D eigenvalue weighted by Gasteiger charge is 2.22. The largest absolute Gasteiger partial charge is 0.377 e. The number of benzene rings is 2. The van der Waals surface area contributed by atoms with Crippen LogP contribution in [0.4, 0.5) is 11.4 Å². The first-order valence-electron chi connectivity index (χ1n) is 20.6. The molecule has 3 aromatic heterocycles. The molecule has 0 spiro atoms. The number of likely N-dealkylation sites (N-methyl/N-ethyl adjacent to an activating group) is 4. The van der Waals surface area contributed by atoms with Crippen LogP contribution >= 0.6 is 23.7 Å². The number of rotatable bonds is 4.